The van der Waals surface area contributed by atoms with Gasteiger partial charge in [0.15, 0.2) is 5.96 Å². The van der Waals surface area contributed by atoms with Gasteiger partial charge in [-0.1, -0.05) is 23.7 Å². The maximum Gasteiger partial charge on any atom is 0.232 e. The first kappa shape index (κ1) is 19.3. The van der Waals surface area contributed by atoms with Crippen LogP contribution in [0.1, 0.15) is 30.4 Å². The monoisotopic (exact) mass is 428 g/mol. The Labute approximate surface area is 178 Å². The van der Waals surface area contributed by atoms with Crippen molar-refractivity contribution in [3.05, 3.63) is 58.4 Å². The second kappa shape index (κ2) is 7.25. The lowest BCUT2D eigenvalue weighted by Crippen LogP contribution is -2.66. The van der Waals surface area contributed by atoms with Crippen LogP contribution < -0.4 is 10.6 Å². The lowest BCUT2D eigenvalue weighted by molar-refractivity contribution is -0.134. The molecular formula is C22H22ClFN4O2. The summed E-state index contributed by atoms with van der Waals surface area (Å²) in [5.74, 6) is -0.328. The van der Waals surface area contributed by atoms with Crippen LogP contribution in [-0.4, -0.2) is 36.0 Å². The zero-order valence-corrected chi connectivity index (χ0v) is 17.1. The van der Waals surface area contributed by atoms with Crippen LogP contribution >= 0.6 is 11.6 Å². The number of anilines is 2. The maximum absolute atomic E-state index is 13.8. The average Bonchev–Trinajstić information content (AvgIpc) is 2.71. The summed E-state index contributed by atoms with van der Waals surface area (Å²) >= 11 is 5.77. The fraction of sp³-hybridized carbons (Fsp3) is 0.364. The van der Waals surface area contributed by atoms with Crippen LogP contribution in [0.5, 0.6) is 0 Å². The number of nitrogens with one attached hydrogen (secondary N) is 3. The van der Waals surface area contributed by atoms with E-state index in [-0.39, 0.29) is 22.9 Å². The average molecular weight is 429 g/mol. The third-order valence-electron chi connectivity index (χ3n) is 6.25. The lowest BCUT2D eigenvalue weighted by Gasteiger charge is -2.51. The number of guanidine groups is 1. The molecule has 30 heavy (non-hydrogen) atoms. The number of carbonyl (C=O) groups excluding carboxylic acids is 1. The van der Waals surface area contributed by atoms with Gasteiger partial charge >= 0.3 is 0 Å². The van der Waals surface area contributed by atoms with Crippen LogP contribution in [-0.2, 0) is 21.5 Å². The predicted molar refractivity (Wildman–Crippen MR) is 113 cm³/mol. The molecule has 2 saturated heterocycles. The minimum Gasteiger partial charge on any atom is -0.381 e. The van der Waals surface area contributed by atoms with Gasteiger partial charge in [0, 0.05) is 37.1 Å². The van der Waals surface area contributed by atoms with Gasteiger partial charge in [-0.25, -0.2) is 4.39 Å². The molecule has 8 heteroatoms. The molecular weight excluding hydrogens is 407 g/mol. The predicted octanol–water partition coefficient (Wildman–Crippen LogP) is 3.91. The summed E-state index contributed by atoms with van der Waals surface area (Å²) in [6.45, 7) is 1.24. The third-order valence-corrected chi connectivity index (χ3v) is 6.55. The van der Waals surface area contributed by atoms with Crippen LogP contribution in [0.15, 0.2) is 36.4 Å². The maximum atomic E-state index is 13.8. The van der Waals surface area contributed by atoms with E-state index in [4.69, 9.17) is 21.7 Å². The molecule has 2 fully saturated rings. The van der Waals surface area contributed by atoms with Crippen molar-refractivity contribution >= 4 is 34.8 Å². The van der Waals surface area contributed by atoms with Crippen LogP contribution in [0.25, 0.3) is 0 Å². The summed E-state index contributed by atoms with van der Waals surface area (Å²) < 4.78 is 19.2. The second-order valence-electron chi connectivity index (χ2n) is 8.10. The Balaban J connectivity index is 1.38. The third kappa shape index (κ3) is 3.13. The van der Waals surface area contributed by atoms with Crippen molar-refractivity contribution in [2.24, 2.45) is 0 Å². The van der Waals surface area contributed by atoms with E-state index in [1.54, 1.807) is 11.0 Å². The Morgan fingerprint density at radius 2 is 2.03 bits per heavy atom. The van der Waals surface area contributed by atoms with E-state index in [2.05, 4.69) is 10.6 Å². The van der Waals surface area contributed by atoms with Gasteiger partial charge in [0.25, 0.3) is 0 Å². The first-order valence-corrected chi connectivity index (χ1v) is 10.5. The van der Waals surface area contributed by atoms with Gasteiger partial charge in [0.2, 0.25) is 5.91 Å². The Bertz CT molecular complexity index is 1020. The van der Waals surface area contributed by atoms with Crippen LogP contribution in [0, 0.1) is 11.2 Å². The Kier molecular flexibility index (Phi) is 4.67. The van der Waals surface area contributed by atoms with Crippen molar-refractivity contribution in [3.8, 4) is 0 Å². The molecule has 2 aromatic carbocycles. The Morgan fingerprint density at radius 3 is 2.77 bits per heavy atom. The summed E-state index contributed by atoms with van der Waals surface area (Å²) in [4.78, 5) is 14.6. The van der Waals surface area contributed by atoms with Crippen molar-refractivity contribution in [1.82, 2.24) is 10.2 Å². The number of hydrogen-bond acceptors (Lipinski definition) is 4. The number of nitrogens with zero attached hydrogens (tertiary/aromatic N) is 1. The fourth-order valence-electron chi connectivity index (χ4n) is 4.76. The molecule has 0 unspecified atom stereocenters. The van der Waals surface area contributed by atoms with Crippen molar-refractivity contribution in [2.75, 3.05) is 18.5 Å². The topological polar surface area (TPSA) is 77.5 Å². The first-order chi connectivity index (χ1) is 14.5. The highest BCUT2D eigenvalue weighted by Gasteiger charge is 2.51. The van der Waals surface area contributed by atoms with E-state index in [0.29, 0.717) is 31.7 Å². The molecule has 2 aromatic rings. The minimum absolute atomic E-state index is 0.0190. The summed E-state index contributed by atoms with van der Waals surface area (Å²) in [7, 11) is 0. The van der Waals surface area contributed by atoms with Crippen molar-refractivity contribution in [3.63, 3.8) is 0 Å². The Morgan fingerprint density at radius 1 is 1.23 bits per heavy atom. The van der Waals surface area contributed by atoms with Crippen molar-refractivity contribution in [2.45, 2.75) is 37.3 Å². The van der Waals surface area contributed by atoms with Crippen LogP contribution in [0.2, 0.25) is 5.02 Å². The number of ether oxygens (including phenoxy) is 1. The van der Waals surface area contributed by atoms with E-state index >= 15 is 0 Å². The molecule has 3 aliphatic rings. The van der Waals surface area contributed by atoms with Crippen LogP contribution in [0.3, 0.4) is 0 Å². The van der Waals surface area contributed by atoms with Gasteiger partial charge in [-0.2, -0.15) is 0 Å². The fourth-order valence-corrected chi connectivity index (χ4v) is 4.88. The van der Waals surface area contributed by atoms with Gasteiger partial charge in [-0.05, 0) is 48.2 Å². The number of amides is 1. The highest BCUT2D eigenvalue weighted by atomic mass is 35.5. The smallest absolute Gasteiger partial charge is 0.232 e. The number of fused-ring (bicyclic) bond motifs is 2. The summed E-state index contributed by atoms with van der Waals surface area (Å²) in [5.41, 5.74) is 3.01. The molecule has 0 bridgehead atoms. The normalized spacial score (nSPS) is 23.7. The van der Waals surface area contributed by atoms with Gasteiger partial charge in [-0.15, -0.1) is 0 Å². The van der Waals surface area contributed by atoms with Crippen molar-refractivity contribution in [1.29, 1.82) is 5.41 Å². The summed E-state index contributed by atoms with van der Waals surface area (Å²) in [6, 6.07) is 10.5. The quantitative estimate of drug-likeness (QED) is 0.692. The molecule has 0 saturated carbocycles. The van der Waals surface area contributed by atoms with E-state index in [0.717, 1.165) is 29.7 Å². The molecule has 0 radical (unpaired) electrons. The number of carbonyl (C=O) groups is 1. The van der Waals surface area contributed by atoms with E-state index in [1.165, 1.54) is 12.1 Å². The zero-order chi connectivity index (χ0) is 20.9. The van der Waals surface area contributed by atoms with Crippen molar-refractivity contribution < 1.29 is 13.9 Å². The second-order valence-corrected chi connectivity index (χ2v) is 8.51. The summed E-state index contributed by atoms with van der Waals surface area (Å²) in [5, 5.41) is 15.1. The van der Waals surface area contributed by atoms with E-state index in [1.807, 2.05) is 18.2 Å². The lowest BCUT2D eigenvalue weighted by atomic mass is 9.67. The SMILES string of the molecule is N=C1N[C@]2(CC(=O)N1C1CCOCC1)Cc1c(Nc3ccc(Cl)c(F)c3)cccc12. The molecule has 2 aliphatic heterocycles. The largest absolute Gasteiger partial charge is 0.381 e. The molecule has 2 heterocycles. The molecule has 0 aromatic heterocycles. The Hall–Kier alpha value is -2.64. The molecule has 156 valence electrons. The van der Waals surface area contributed by atoms with Gasteiger partial charge in [0.05, 0.1) is 17.0 Å². The standard InChI is InChI=1S/C22H22ClFN4O2/c23-17-5-4-13(10-18(17)24)26-19-3-1-2-16-15(19)11-22(16)12-20(29)28(21(25)27-22)14-6-8-30-9-7-14/h1-5,10,14,26H,6-9,11-12H2,(H2,25,27)/t22-/m0/s1. The summed E-state index contributed by atoms with van der Waals surface area (Å²) in [6.07, 6.45) is 2.45. The molecule has 3 N–H and O–H groups in total. The van der Waals surface area contributed by atoms with E-state index < -0.39 is 11.4 Å². The number of hydrogen-bond donors (Lipinski definition) is 3. The number of benzene rings is 2. The highest BCUT2D eigenvalue weighted by molar-refractivity contribution is 6.30. The highest BCUT2D eigenvalue weighted by Crippen LogP contribution is 2.47. The van der Waals surface area contributed by atoms with Gasteiger partial charge in [-0.3, -0.25) is 15.1 Å². The number of rotatable bonds is 3. The van der Waals surface area contributed by atoms with Crippen LogP contribution in [0.4, 0.5) is 15.8 Å². The molecule has 6 nitrogen and oxygen atoms in total. The van der Waals surface area contributed by atoms with E-state index in [9.17, 15) is 9.18 Å². The van der Waals surface area contributed by atoms with Gasteiger partial charge < -0.3 is 15.4 Å². The molecule has 1 atom stereocenters. The number of halogens is 2. The minimum atomic E-state index is -0.548. The zero-order valence-electron chi connectivity index (χ0n) is 16.3. The molecule has 1 spiro atoms. The molecule has 5 rings (SSSR count). The first-order valence-electron chi connectivity index (χ1n) is 10.1. The molecule has 1 amide bonds. The van der Waals surface area contributed by atoms with Gasteiger partial charge in [0.1, 0.15) is 5.82 Å². The molecule has 1 aliphatic carbocycles.